The number of hydrogen-bond donors (Lipinski definition) is 1. The second-order valence-corrected chi connectivity index (χ2v) is 9.66. The Morgan fingerprint density at radius 3 is 2.65 bits per heavy atom. The quantitative estimate of drug-likeness (QED) is 0.309. The predicted molar refractivity (Wildman–Crippen MR) is 146 cm³/mol. The first-order chi connectivity index (χ1) is 18.1. The lowest BCUT2D eigenvalue weighted by Crippen LogP contribution is -2.14. The Kier molecular flexibility index (Phi) is 7.54. The van der Waals surface area contributed by atoms with E-state index < -0.39 is 0 Å². The van der Waals surface area contributed by atoms with Crippen LogP contribution in [0, 0.1) is 6.92 Å². The van der Waals surface area contributed by atoms with Crippen molar-refractivity contribution in [2.24, 2.45) is 0 Å². The van der Waals surface area contributed by atoms with Gasteiger partial charge < -0.3 is 10.1 Å². The van der Waals surface area contributed by atoms with Crippen molar-refractivity contribution >= 4 is 11.6 Å². The number of nitrogens with zero attached hydrogens (tertiary/aromatic N) is 3. The Balaban J connectivity index is 1.39. The molecule has 2 heterocycles. The van der Waals surface area contributed by atoms with Crippen LogP contribution in [0.25, 0.3) is 11.3 Å². The van der Waals surface area contributed by atoms with E-state index in [1.807, 2.05) is 42.5 Å². The molecule has 0 radical (unpaired) electrons. The van der Waals surface area contributed by atoms with Crippen molar-refractivity contribution in [1.82, 2.24) is 15.0 Å². The number of pyridine rings is 1. The van der Waals surface area contributed by atoms with Gasteiger partial charge in [0.2, 0.25) is 0 Å². The van der Waals surface area contributed by atoms with E-state index in [1.165, 1.54) is 37.7 Å². The predicted octanol–water partition coefficient (Wildman–Crippen LogP) is 6.75. The molecular weight excluding hydrogens is 460 g/mol. The topological polar surface area (TPSA) is 77.0 Å². The maximum absolute atomic E-state index is 13.4. The number of carbonyl (C=O) groups is 1. The van der Waals surface area contributed by atoms with E-state index >= 15 is 0 Å². The summed E-state index contributed by atoms with van der Waals surface area (Å²) in [5.74, 6) is 1.06. The van der Waals surface area contributed by atoms with E-state index in [4.69, 9.17) is 4.74 Å². The Morgan fingerprint density at radius 1 is 1.00 bits per heavy atom. The molecule has 37 heavy (non-hydrogen) atoms. The molecule has 0 saturated heterocycles. The lowest BCUT2D eigenvalue weighted by molar-refractivity contribution is 0.102. The number of ether oxygens (including phenoxy) is 1. The molecule has 1 amide bonds. The van der Waals surface area contributed by atoms with Crippen LogP contribution in [0.5, 0.6) is 5.75 Å². The molecule has 1 N–H and O–H groups in total. The Labute approximate surface area is 218 Å². The van der Waals surface area contributed by atoms with Crippen LogP contribution in [0.4, 0.5) is 5.69 Å². The maximum atomic E-state index is 13.4. The zero-order chi connectivity index (χ0) is 25.6. The fourth-order valence-electron chi connectivity index (χ4n) is 5.15. The summed E-state index contributed by atoms with van der Waals surface area (Å²) in [5, 5.41) is 3.11. The lowest BCUT2D eigenvalue weighted by Gasteiger charge is -2.23. The zero-order valence-corrected chi connectivity index (χ0v) is 21.4. The van der Waals surface area contributed by atoms with Crippen molar-refractivity contribution < 1.29 is 9.53 Å². The molecule has 1 saturated carbocycles. The van der Waals surface area contributed by atoms with Gasteiger partial charge in [0.05, 0.1) is 24.2 Å². The third-order valence-electron chi connectivity index (χ3n) is 7.27. The van der Waals surface area contributed by atoms with Crippen LogP contribution in [0.3, 0.4) is 0 Å². The van der Waals surface area contributed by atoms with Crippen LogP contribution < -0.4 is 10.1 Å². The molecule has 4 aromatic rings. The van der Waals surface area contributed by atoms with Gasteiger partial charge in [-0.15, -0.1) is 0 Å². The smallest absolute Gasteiger partial charge is 0.255 e. The van der Waals surface area contributed by atoms with Crippen molar-refractivity contribution in [3.05, 3.63) is 101 Å². The monoisotopic (exact) mass is 492 g/mol. The van der Waals surface area contributed by atoms with Crippen molar-refractivity contribution in [2.75, 3.05) is 12.4 Å². The van der Waals surface area contributed by atoms with Crippen LogP contribution in [0.15, 0.2) is 73.3 Å². The van der Waals surface area contributed by atoms with Gasteiger partial charge in [0.1, 0.15) is 12.1 Å². The molecule has 2 aromatic carbocycles. The first-order valence-corrected chi connectivity index (χ1v) is 12.9. The first-order valence-electron chi connectivity index (χ1n) is 12.9. The summed E-state index contributed by atoms with van der Waals surface area (Å²) in [4.78, 5) is 26.4. The van der Waals surface area contributed by atoms with Crippen LogP contribution in [0.2, 0.25) is 0 Å². The first kappa shape index (κ1) is 24.6. The van der Waals surface area contributed by atoms with Crippen molar-refractivity contribution in [1.29, 1.82) is 0 Å². The summed E-state index contributed by atoms with van der Waals surface area (Å²) >= 11 is 0. The van der Waals surface area contributed by atoms with Gasteiger partial charge in [0.15, 0.2) is 0 Å². The fraction of sp³-hybridized carbons (Fsp3) is 0.290. The average molecular weight is 493 g/mol. The number of methoxy groups -OCH3 is 1. The van der Waals surface area contributed by atoms with Gasteiger partial charge in [-0.05, 0) is 84.8 Å². The number of nitrogens with one attached hydrogen (secondary N) is 1. The molecule has 0 spiro atoms. The van der Waals surface area contributed by atoms with Gasteiger partial charge in [0, 0.05) is 29.9 Å². The number of aryl methyl sites for hydroxylation is 1. The molecule has 188 valence electrons. The van der Waals surface area contributed by atoms with E-state index in [0.717, 1.165) is 28.1 Å². The van der Waals surface area contributed by atoms with Gasteiger partial charge in [-0.2, -0.15) is 0 Å². The SMILES string of the molecule is COc1ccc(C2CCCCC2)cc1NC(=O)c1ccc(C)c(Cc2ncccc2-c2ccncn2)c1. The second-order valence-electron chi connectivity index (χ2n) is 9.66. The van der Waals surface area contributed by atoms with Gasteiger partial charge in [-0.3, -0.25) is 9.78 Å². The Morgan fingerprint density at radius 2 is 1.86 bits per heavy atom. The number of hydrogen-bond acceptors (Lipinski definition) is 5. The Bertz CT molecular complexity index is 1380. The van der Waals surface area contributed by atoms with E-state index in [-0.39, 0.29) is 5.91 Å². The van der Waals surface area contributed by atoms with E-state index in [2.05, 4.69) is 39.3 Å². The molecule has 1 aliphatic carbocycles. The number of amides is 1. The van der Waals surface area contributed by atoms with Gasteiger partial charge >= 0.3 is 0 Å². The molecule has 0 aliphatic heterocycles. The molecule has 5 rings (SSSR count). The summed E-state index contributed by atoms with van der Waals surface area (Å²) in [5.41, 5.74) is 7.44. The minimum atomic E-state index is -0.155. The largest absolute Gasteiger partial charge is 0.495 e. The van der Waals surface area contributed by atoms with E-state index in [9.17, 15) is 4.79 Å². The average Bonchev–Trinajstić information content (AvgIpc) is 2.95. The number of rotatable bonds is 7. The maximum Gasteiger partial charge on any atom is 0.255 e. The number of carbonyl (C=O) groups excluding carboxylic acids is 1. The summed E-state index contributed by atoms with van der Waals surface area (Å²) < 4.78 is 5.57. The van der Waals surface area contributed by atoms with Crippen molar-refractivity contribution in [2.45, 2.75) is 51.4 Å². The van der Waals surface area contributed by atoms with Crippen LogP contribution in [-0.4, -0.2) is 28.0 Å². The summed E-state index contributed by atoms with van der Waals surface area (Å²) in [6.07, 6.45) is 11.9. The standard InChI is InChI=1S/C31H32N4O2/c1-21-10-11-24(17-25(21)19-28-26(9-6-15-33-28)27-14-16-32-20-34-27)31(36)35-29-18-23(12-13-30(29)37-2)22-7-4-3-5-8-22/h6,9-18,20,22H,3-5,7-8,19H2,1-2H3,(H,35,36). The number of benzene rings is 2. The highest BCUT2D eigenvalue weighted by molar-refractivity contribution is 6.05. The highest BCUT2D eigenvalue weighted by atomic mass is 16.5. The zero-order valence-electron chi connectivity index (χ0n) is 21.4. The molecule has 2 aromatic heterocycles. The summed E-state index contributed by atoms with van der Waals surface area (Å²) in [6.45, 7) is 2.06. The lowest BCUT2D eigenvalue weighted by atomic mass is 9.84. The Hall–Kier alpha value is -4.06. The third kappa shape index (κ3) is 5.69. The molecule has 1 fully saturated rings. The van der Waals surface area contributed by atoms with Gasteiger partial charge in [0.25, 0.3) is 5.91 Å². The van der Waals surface area contributed by atoms with E-state index in [0.29, 0.717) is 29.3 Å². The van der Waals surface area contributed by atoms with Crippen LogP contribution in [0.1, 0.15) is 70.8 Å². The fourth-order valence-corrected chi connectivity index (χ4v) is 5.15. The molecule has 6 nitrogen and oxygen atoms in total. The molecular formula is C31H32N4O2. The molecule has 0 unspecified atom stereocenters. The minimum absolute atomic E-state index is 0.155. The molecule has 0 atom stereocenters. The van der Waals surface area contributed by atoms with Crippen LogP contribution in [-0.2, 0) is 6.42 Å². The molecule has 1 aliphatic rings. The second kappa shape index (κ2) is 11.3. The van der Waals surface area contributed by atoms with Crippen LogP contribution >= 0.6 is 0 Å². The normalized spacial score (nSPS) is 13.8. The third-order valence-corrected chi connectivity index (χ3v) is 7.27. The summed E-state index contributed by atoms with van der Waals surface area (Å²) in [7, 11) is 1.64. The minimum Gasteiger partial charge on any atom is -0.495 e. The number of aromatic nitrogens is 3. The van der Waals surface area contributed by atoms with E-state index in [1.54, 1.807) is 25.8 Å². The van der Waals surface area contributed by atoms with Gasteiger partial charge in [-0.25, -0.2) is 9.97 Å². The number of anilines is 1. The molecule has 0 bridgehead atoms. The van der Waals surface area contributed by atoms with Gasteiger partial charge in [-0.1, -0.05) is 31.4 Å². The molecule has 6 heteroatoms. The van der Waals surface area contributed by atoms with Crippen molar-refractivity contribution in [3.8, 4) is 17.0 Å². The summed E-state index contributed by atoms with van der Waals surface area (Å²) in [6, 6.07) is 17.8. The van der Waals surface area contributed by atoms with Crippen molar-refractivity contribution in [3.63, 3.8) is 0 Å². The highest BCUT2D eigenvalue weighted by Gasteiger charge is 2.19. The highest BCUT2D eigenvalue weighted by Crippen LogP contribution is 2.36.